The van der Waals surface area contributed by atoms with Crippen LogP contribution < -0.4 is 5.73 Å². The predicted molar refractivity (Wildman–Crippen MR) is 73.4 cm³/mol. The van der Waals surface area contributed by atoms with Crippen LogP contribution in [0.5, 0.6) is 0 Å². The van der Waals surface area contributed by atoms with E-state index in [4.69, 9.17) is 10.3 Å². The Balaban J connectivity index is 1.76. The van der Waals surface area contributed by atoms with Crippen LogP contribution in [-0.4, -0.2) is 16.6 Å². The van der Waals surface area contributed by atoms with Crippen molar-refractivity contribution >= 4 is 0 Å². The molecule has 4 heteroatoms. The molecule has 4 nitrogen and oxygen atoms in total. The lowest BCUT2D eigenvalue weighted by molar-refractivity contribution is 0.243. The van der Waals surface area contributed by atoms with Crippen molar-refractivity contribution < 1.29 is 4.52 Å². The summed E-state index contributed by atoms with van der Waals surface area (Å²) in [6.45, 7) is 4.80. The van der Waals surface area contributed by atoms with Crippen LogP contribution in [0.1, 0.15) is 35.5 Å². The van der Waals surface area contributed by atoms with Crippen molar-refractivity contribution in [1.29, 1.82) is 0 Å². The maximum Gasteiger partial charge on any atom is 0.157 e. The molecular weight excluding hydrogens is 238 g/mol. The van der Waals surface area contributed by atoms with Crippen molar-refractivity contribution in [3.63, 3.8) is 0 Å². The summed E-state index contributed by atoms with van der Waals surface area (Å²) >= 11 is 0. The average molecular weight is 257 g/mol. The lowest BCUT2D eigenvalue weighted by Gasteiger charge is -2.26. The molecule has 0 saturated carbocycles. The van der Waals surface area contributed by atoms with Gasteiger partial charge in [0.25, 0.3) is 0 Å². The fourth-order valence-electron chi connectivity index (χ4n) is 2.62. The molecule has 0 spiro atoms. The van der Waals surface area contributed by atoms with Gasteiger partial charge in [-0.15, -0.1) is 0 Å². The molecule has 1 aromatic carbocycles. The topological polar surface area (TPSA) is 55.3 Å². The van der Waals surface area contributed by atoms with Crippen molar-refractivity contribution in [3.8, 4) is 0 Å². The minimum absolute atomic E-state index is 0.0899. The number of hydrogen-bond donors (Lipinski definition) is 1. The maximum atomic E-state index is 5.93. The van der Waals surface area contributed by atoms with E-state index in [2.05, 4.69) is 34.3 Å². The highest BCUT2D eigenvalue weighted by atomic mass is 16.5. The summed E-state index contributed by atoms with van der Waals surface area (Å²) in [4.78, 5) is 2.42. The Morgan fingerprint density at radius 3 is 2.89 bits per heavy atom. The smallest absolute Gasteiger partial charge is 0.157 e. The molecule has 2 N–H and O–H groups in total. The molecule has 0 amide bonds. The van der Waals surface area contributed by atoms with Gasteiger partial charge < -0.3 is 10.3 Å². The highest BCUT2D eigenvalue weighted by Gasteiger charge is 2.25. The van der Waals surface area contributed by atoms with Crippen LogP contribution in [0.25, 0.3) is 0 Å². The van der Waals surface area contributed by atoms with Gasteiger partial charge in [-0.25, -0.2) is 0 Å². The van der Waals surface area contributed by atoms with E-state index in [0.29, 0.717) is 0 Å². The molecule has 0 saturated heterocycles. The van der Waals surface area contributed by atoms with Gasteiger partial charge in [-0.05, 0) is 12.5 Å². The Morgan fingerprint density at radius 1 is 1.37 bits per heavy atom. The van der Waals surface area contributed by atoms with E-state index in [-0.39, 0.29) is 6.04 Å². The molecule has 0 bridgehead atoms. The van der Waals surface area contributed by atoms with Gasteiger partial charge >= 0.3 is 0 Å². The molecular formula is C15H19N3O. The van der Waals surface area contributed by atoms with Crippen LogP contribution in [0.3, 0.4) is 0 Å². The molecule has 1 atom stereocenters. The number of fused-ring (bicyclic) bond motifs is 1. The SMILES string of the molecule is CC(N)c1onc2c1CN(Cc1ccccc1)CC2. The van der Waals surface area contributed by atoms with Crippen LogP contribution in [0.2, 0.25) is 0 Å². The second kappa shape index (κ2) is 5.15. The fraction of sp³-hybridized carbons (Fsp3) is 0.400. The van der Waals surface area contributed by atoms with E-state index < -0.39 is 0 Å². The van der Waals surface area contributed by atoms with Crippen LogP contribution in [0.4, 0.5) is 0 Å². The van der Waals surface area contributed by atoms with Gasteiger partial charge in [0.15, 0.2) is 5.76 Å². The number of benzene rings is 1. The lowest BCUT2D eigenvalue weighted by Crippen LogP contribution is -2.30. The quantitative estimate of drug-likeness (QED) is 0.916. The lowest BCUT2D eigenvalue weighted by atomic mass is 10.0. The standard InChI is InChI=1S/C15H19N3O/c1-11(16)15-13-10-18(8-7-14(13)17-19-15)9-12-5-3-2-4-6-12/h2-6,11H,7-10,16H2,1H3. The third-order valence-corrected chi connectivity index (χ3v) is 3.61. The normalized spacial score (nSPS) is 17.2. The van der Waals surface area contributed by atoms with E-state index in [1.54, 1.807) is 0 Å². The number of nitrogens with zero attached hydrogens (tertiary/aromatic N) is 2. The number of aromatic nitrogens is 1. The summed E-state index contributed by atoms with van der Waals surface area (Å²) in [5.74, 6) is 0.841. The molecule has 0 radical (unpaired) electrons. The molecule has 2 heterocycles. The van der Waals surface area contributed by atoms with E-state index in [9.17, 15) is 0 Å². The Morgan fingerprint density at radius 2 is 2.16 bits per heavy atom. The van der Waals surface area contributed by atoms with E-state index in [0.717, 1.165) is 37.5 Å². The number of hydrogen-bond acceptors (Lipinski definition) is 4. The number of nitrogens with two attached hydrogens (primary N) is 1. The summed E-state index contributed by atoms with van der Waals surface area (Å²) in [5.41, 5.74) is 9.54. The third kappa shape index (κ3) is 2.55. The van der Waals surface area contributed by atoms with Gasteiger partial charge in [-0.2, -0.15) is 0 Å². The molecule has 3 rings (SSSR count). The predicted octanol–water partition coefficient (Wildman–Crippen LogP) is 2.25. The Bertz CT molecular complexity index is 548. The Kier molecular flexibility index (Phi) is 3.36. The maximum absolute atomic E-state index is 5.93. The summed E-state index contributed by atoms with van der Waals surface area (Å²) < 4.78 is 5.38. The summed E-state index contributed by atoms with van der Waals surface area (Å²) in [7, 11) is 0. The van der Waals surface area contributed by atoms with Gasteiger partial charge in [0.1, 0.15) is 0 Å². The van der Waals surface area contributed by atoms with E-state index >= 15 is 0 Å². The van der Waals surface area contributed by atoms with Crippen LogP contribution in [0.15, 0.2) is 34.9 Å². The third-order valence-electron chi connectivity index (χ3n) is 3.61. The molecule has 1 unspecified atom stereocenters. The molecule has 0 fully saturated rings. The fourth-order valence-corrected chi connectivity index (χ4v) is 2.62. The minimum Gasteiger partial charge on any atom is -0.359 e. The van der Waals surface area contributed by atoms with Crippen LogP contribution in [0, 0.1) is 0 Å². The Labute approximate surface area is 113 Å². The second-order valence-corrected chi connectivity index (χ2v) is 5.21. The van der Waals surface area contributed by atoms with Crippen molar-refractivity contribution in [1.82, 2.24) is 10.1 Å². The van der Waals surface area contributed by atoms with Gasteiger partial charge in [-0.3, -0.25) is 4.90 Å². The van der Waals surface area contributed by atoms with Crippen LogP contribution >= 0.6 is 0 Å². The molecule has 2 aromatic rings. The molecule has 19 heavy (non-hydrogen) atoms. The van der Waals surface area contributed by atoms with Crippen molar-refractivity contribution in [2.75, 3.05) is 6.54 Å². The zero-order chi connectivity index (χ0) is 13.2. The summed E-state index contributed by atoms with van der Waals surface area (Å²) in [5, 5.41) is 4.14. The first kappa shape index (κ1) is 12.4. The summed E-state index contributed by atoms with van der Waals surface area (Å²) in [6.07, 6.45) is 0.943. The minimum atomic E-state index is -0.0899. The number of rotatable bonds is 3. The van der Waals surface area contributed by atoms with Gasteiger partial charge in [0.05, 0.1) is 11.7 Å². The van der Waals surface area contributed by atoms with Crippen molar-refractivity contribution in [3.05, 3.63) is 52.9 Å². The molecule has 0 aliphatic carbocycles. The van der Waals surface area contributed by atoms with Crippen molar-refractivity contribution in [2.24, 2.45) is 5.73 Å². The molecule has 1 aromatic heterocycles. The van der Waals surface area contributed by atoms with Crippen molar-refractivity contribution in [2.45, 2.75) is 32.5 Å². The first-order chi connectivity index (χ1) is 9.24. The zero-order valence-corrected chi connectivity index (χ0v) is 11.2. The largest absolute Gasteiger partial charge is 0.359 e. The molecule has 100 valence electrons. The van der Waals surface area contributed by atoms with E-state index in [1.807, 2.05) is 13.0 Å². The second-order valence-electron chi connectivity index (χ2n) is 5.21. The Hall–Kier alpha value is -1.65. The average Bonchev–Trinajstić information content (AvgIpc) is 2.83. The summed E-state index contributed by atoms with van der Waals surface area (Å²) in [6, 6.07) is 10.4. The van der Waals surface area contributed by atoms with Gasteiger partial charge in [0, 0.05) is 31.6 Å². The van der Waals surface area contributed by atoms with E-state index in [1.165, 1.54) is 11.1 Å². The van der Waals surface area contributed by atoms with Gasteiger partial charge in [0.2, 0.25) is 0 Å². The molecule has 1 aliphatic heterocycles. The monoisotopic (exact) mass is 257 g/mol. The highest BCUT2D eigenvalue weighted by molar-refractivity contribution is 5.27. The first-order valence-electron chi connectivity index (χ1n) is 6.73. The first-order valence-corrected chi connectivity index (χ1v) is 6.73. The van der Waals surface area contributed by atoms with Crippen LogP contribution in [-0.2, 0) is 19.5 Å². The molecule has 1 aliphatic rings. The zero-order valence-electron chi connectivity index (χ0n) is 11.2. The highest BCUT2D eigenvalue weighted by Crippen LogP contribution is 2.26. The van der Waals surface area contributed by atoms with Gasteiger partial charge in [-0.1, -0.05) is 35.5 Å².